The molecule has 5 heteroatoms. The highest BCUT2D eigenvalue weighted by molar-refractivity contribution is 7.12. The van der Waals surface area contributed by atoms with Crippen LogP contribution in [0.5, 0.6) is 0 Å². The first-order valence-electron chi connectivity index (χ1n) is 5.05. The van der Waals surface area contributed by atoms with E-state index in [1.165, 1.54) is 11.5 Å². The number of anilines is 1. The quantitative estimate of drug-likeness (QED) is 0.908. The maximum Gasteiger partial charge on any atom is 0.225 e. The van der Waals surface area contributed by atoms with Gasteiger partial charge in [0.1, 0.15) is 5.00 Å². The Kier molecular flexibility index (Phi) is 3.41. The number of fused-ring (bicyclic) bond motifs is 1. The van der Waals surface area contributed by atoms with Crippen molar-refractivity contribution in [2.75, 3.05) is 5.32 Å². The Morgan fingerprint density at radius 1 is 1.56 bits per heavy atom. The number of hydrogen-bond acceptors (Lipinski definition) is 3. The molecule has 2 aromatic rings. The maximum atomic E-state index is 11.5. The predicted molar refractivity (Wildman–Crippen MR) is 68.2 cm³/mol. The van der Waals surface area contributed by atoms with Gasteiger partial charge in [0.05, 0.1) is 5.52 Å². The number of aromatic nitrogens is 1. The number of nitrogens with one attached hydrogen (secondary N) is 1. The molecule has 0 spiro atoms. The van der Waals surface area contributed by atoms with Crippen molar-refractivity contribution < 1.29 is 4.79 Å². The minimum Gasteiger partial charge on any atom is -0.316 e. The molecule has 0 unspecified atom stereocenters. The second kappa shape index (κ2) is 4.80. The average Bonchev–Trinajstić information content (AvgIpc) is 2.61. The van der Waals surface area contributed by atoms with Crippen molar-refractivity contribution in [3.63, 3.8) is 0 Å². The minimum absolute atomic E-state index is 0.0213. The highest BCUT2D eigenvalue weighted by Gasteiger charge is 2.09. The lowest BCUT2D eigenvalue weighted by atomic mass is 10.2. The molecule has 0 aliphatic heterocycles. The molecule has 1 amide bonds. The van der Waals surface area contributed by atoms with Crippen molar-refractivity contribution in [2.45, 2.75) is 19.8 Å². The summed E-state index contributed by atoms with van der Waals surface area (Å²) in [7, 11) is 0. The summed E-state index contributed by atoms with van der Waals surface area (Å²) in [5.74, 6) is 0.0213. The fourth-order valence-electron chi connectivity index (χ4n) is 1.42. The summed E-state index contributed by atoms with van der Waals surface area (Å²) in [6.45, 7) is 1.97. The van der Waals surface area contributed by atoms with Crippen LogP contribution in [0.4, 0.5) is 5.00 Å². The third-order valence-corrected chi connectivity index (χ3v) is 3.20. The fourth-order valence-corrected chi connectivity index (χ4v) is 2.36. The van der Waals surface area contributed by atoms with Gasteiger partial charge in [-0.2, -0.15) is 4.37 Å². The van der Waals surface area contributed by atoms with Crippen LogP contribution in [0.1, 0.15) is 19.8 Å². The van der Waals surface area contributed by atoms with Crippen LogP contribution in [-0.4, -0.2) is 10.3 Å². The summed E-state index contributed by atoms with van der Waals surface area (Å²) in [4.78, 5) is 11.5. The van der Waals surface area contributed by atoms with Crippen LogP contribution in [-0.2, 0) is 4.79 Å². The predicted octanol–water partition coefficient (Wildman–Crippen LogP) is 3.69. The Bertz CT molecular complexity index is 524. The van der Waals surface area contributed by atoms with Crippen molar-refractivity contribution in [2.24, 2.45) is 0 Å². The number of amides is 1. The van der Waals surface area contributed by atoms with Crippen molar-refractivity contribution in [3.8, 4) is 0 Å². The van der Waals surface area contributed by atoms with Gasteiger partial charge in [0, 0.05) is 16.8 Å². The Morgan fingerprint density at radius 2 is 2.38 bits per heavy atom. The monoisotopic (exact) mass is 254 g/mol. The Balaban J connectivity index is 2.30. The van der Waals surface area contributed by atoms with Crippen LogP contribution in [0.2, 0.25) is 5.02 Å². The van der Waals surface area contributed by atoms with E-state index >= 15 is 0 Å². The highest BCUT2D eigenvalue weighted by Crippen LogP contribution is 2.29. The van der Waals surface area contributed by atoms with E-state index < -0.39 is 0 Å². The van der Waals surface area contributed by atoms with Gasteiger partial charge in [0.25, 0.3) is 0 Å². The Hall–Kier alpha value is -1.13. The molecule has 0 saturated heterocycles. The Labute approximate surface area is 103 Å². The molecule has 0 bridgehead atoms. The summed E-state index contributed by atoms with van der Waals surface area (Å²) in [5.41, 5.74) is 0.862. The molecular weight excluding hydrogens is 244 g/mol. The standard InChI is InChI=1S/C11H11ClN2OS/c1-2-3-10(15)13-11-8-6-7(12)4-5-9(8)14-16-11/h4-6H,2-3H2,1H3,(H,13,15). The van der Waals surface area contributed by atoms with Gasteiger partial charge in [-0.25, -0.2) is 0 Å². The van der Waals surface area contributed by atoms with E-state index in [4.69, 9.17) is 11.6 Å². The molecule has 1 aromatic carbocycles. The van der Waals surface area contributed by atoms with Gasteiger partial charge in [-0.15, -0.1) is 0 Å². The second-order valence-corrected chi connectivity index (χ2v) is 4.68. The smallest absolute Gasteiger partial charge is 0.225 e. The van der Waals surface area contributed by atoms with Gasteiger partial charge in [-0.3, -0.25) is 4.79 Å². The van der Waals surface area contributed by atoms with Crippen molar-refractivity contribution in [1.82, 2.24) is 4.37 Å². The number of hydrogen-bond donors (Lipinski definition) is 1. The van der Waals surface area contributed by atoms with Gasteiger partial charge >= 0.3 is 0 Å². The molecule has 84 valence electrons. The molecule has 1 aromatic heterocycles. The molecule has 0 aliphatic rings. The van der Waals surface area contributed by atoms with Crippen molar-refractivity contribution in [1.29, 1.82) is 0 Å². The van der Waals surface area contributed by atoms with Crippen LogP contribution in [0, 0.1) is 0 Å². The molecule has 0 saturated carbocycles. The lowest BCUT2D eigenvalue weighted by Gasteiger charge is -2.00. The van der Waals surface area contributed by atoms with E-state index in [1.54, 1.807) is 6.07 Å². The fraction of sp³-hybridized carbons (Fsp3) is 0.273. The first-order chi connectivity index (χ1) is 7.70. The minimum atomic E-state index is 0.0213. The van der Waals surface area contributed by atoms with E-state index in [1.807, 2.05) is 19.1 Å². The summed E-state index contributed by atoms with van der Waals surface area (Å²) < 4.78 is 4.24. The molecule has 1 heterocycles. The molecular formula is C11H11ClN2OS. The zero-order chi connectivity index (χ0) is 11.5. The topological polar surface area (TPSA) is 42.0 Å². The molecule has 3 nitrogen and oxygen atoms in total. The van der Waals surface area contributed by atoms with Crippen LogP contribution in [0.15, 0.2) is 18.2 Å². The summed E-state index contributed by atoms with van der Waals surface area (Å²) >= 11 is 7.19. The number of rotatable bonds is 3. The van der Waals surface area contributed by atoms with Gasteiger partial charge in [-0.05, 0) is 36.2 Å². The van der Waals surface area contributed by atoms with E-state index in [0.29, 0.717) is 11.4 Å². The molecule has 0 atom stereocenters. The summed E-state index contributed by atoms with van der Waals surface area (Å²) in [5, 5.41) is 5.18. The third-order valence-electron chi connectivity index (χ3n) is 2.17. The molecule has 0 fully saturated rings. The van der Waals surface area contributed by atoms with Gasteiger partial charge in [-0.1, -0.05) is 18.5 Å². The zero-order valence-electron chi connectivity index (χ0n) is 8.79. The molecule has 16 heavy (non-hydrogen) atoms. The van der Waals surface area contributed by atoms with E-state index in [-0.39, 0.29) is 5.91 Å². The van der Waals surface area contributed by atoms with Gasteiger partial charge in [0.2, 0.25) is 5.91 Å². The van der Waals surface area contributed by atoms with Crippen LogP contribution < -0.4 is 5.32 Å². The van der Waals surface area contributed by atoms with Gasteiger partial charge in [0.15, 0.2) is 0 Å². The maximum absolute atomic E-state index is 11.5. The first-order valence-corrected chi connectivity index (χ1v) is 6.20. The SMILES string of the molecule is CCCC(=O)Nc1snc2ccc(Cl)cc12. The van der Waals surface area contributed by atoms with Crippen LogP contribution in [0.25, 0.3) is 10.9 Å². The lowest BCUT2D eigenvalue weighted by Crippen LogP contribution is -2.09. The summed E-state index contributed by atoms with van der Waals surface area (Å²) in [6, 6.07) is 5.47. The average molecular weight is 255 g/mol. The number of carbonyl (C=O) groups excluding carboxylic acids is 1. The molecule has 1 N–H and O–H groups in total. The second-order valence-electron chi connectivity index (χ2n) is 3.47. The van der Waals surface area contributed by atoms with Crippen LogP contribution >= 0.6 is 23.1 Å². The first kappa shape index (κ1) is 11.4. The number of nitrogens with zero attached hydrogens (tertiary/aromatic N) is 1. The molecule has 0 aliphatic carbocycles. The molecule has 0 radical (unpaired) electrons. The number of halogens is 1. The van der Waals surface area contributed by atoms with E-state index in [9.17, 15) is 4.79 Å². The third kappa shape index (κ3) is 2.33. The van der Waals surface area contributed by atoms with Crippen LogP contribution in [0.3, 0.4) is 0 Å². The van der Waals surface area contributed by atoms with E-state index in [2.05, 4.69) is 9.69 Å². The number of carbonyl (C=O) groups is 1. The summed E-state index contributed by atoms with van der Waals surface area (Å²) in [6.07, 6.45) is 1.36. The van der Waals surface area contributed by atoms with Crippen molar-refractivity contribution in [3.05, 3.63) is 23.2 Å². The largest absolute Gasteiger partial charge is 0.316 e. The molecule has 2 rings (SSSR count). The van der Waals surface area contributed by atoms with E-state index in [0.717, 1.165) is 22.3 Å². The van der Waals surface area contributed by atoms with Gasteiger partial charge < -0.3 is 5.32 Å². The lowest BCUT2D eigenvalue weighted by molar-refractivity contribution is -0.116. The highest BCUT2D eigenvalue weighted by atomic mass is 35.5. The van der Waals surface area contributed by atoms with Crippen molar-refractivity contribution >= 4 is 44.9 Å². The zero-order valence-corrected chi connectivity index (χ0v) is 10.4. The Morgan fingerprint density at radius 3 is 3.12 bits per heavy atom. The number of benzene rings is 1. The normalized spacial score (nSPS) is 10.6.